The maximum absolute atomic E-state index is 12.7. The van der Waals surface area contributed by atoms with Crippen molar-refractivity contribution in [2.75, 3.05) is 31.1 Å². The van der Waals surface area contributed by atoms with Crippen molar-refractivity contribution in [1.29, 1.82) is 0 Å². The number of hydrogen-bond donors (Lipinski definition) is 5. The van der Waals surface area contributed by atoms with E-state index in [-0.39, 0.29) is 33.9 Å². The number of likely N-dealkylation sites (tertiary alicyclic amines) is 1. The van der Waals surface area contributed by atoms with Gasteiger partial charge in [-0.25, -0.2) is 9.97 Å². The van der Waals surface area contributed by atoms with E-state index in [1.807, 2.05) is 11.8 Å². The van der Waals surface area contributed by atoms with E-state index in [9.17, 15) is 9.59 Å². The number of guanidine groups is 1. The number of rotatable bonds is 6. The highest BCUT2D eigenvalue weighted by Gasteiger charge is 2.40. The normalized spacial score (nSPS) is 17.8. The van der Waals surface area contributed by atoms with Crippen LogP contribution < -0.4 is 27.8 Å². The van der Waals surface area contributed by atoms with Crippen LogP contribution in [0.2, 0.25) is 5.15 Å². The van der Waals surface area contributed by atoms with Crippen LogP contribution in [0.3, 0.4) is 0 Å². The molecule has 0 atom stereocenters. The van der Waals surface area contributed by atoms with Crippen LogP contribution in [-0.2, 0) is 4.79 Å². The number of aliphatic imine (C=N–C) groups is 1. The predicted molar refractivity (Wildman–Crippen MR) is 131 cm³/mol. The van der Waals surface area contributed by atoms with Crippen LogP contribution in [0.4, 0.5) is 11.6 Å². The highest BCUT2D eigenvalue weighted by Crippen LogP contribution is 2.28. The van der Waals surface area contributed by atoms with Crippen molar-refractivity contribution in [2.45, 2.75) is 38.1 Å². The second-order valence-electron chi connectivity index (χ2n) is 7.93. The average Bonchev–Trinajstić information content (AvgIpc) is 3.15. The molecule has 33 heavy (non-hydrogen) atoms. The number of carbonyl (C=O) groups is 2. The fourth-order valence-corrected chi connectivity index (χ4v) is 4.44. The number of nitrogen functional groups attached to an aromatic ring is 2. The minimum Gasteiger partial charge on any atom is -0.402 e. The van der Waals surface area contributed by atoms with E-state index in [0.717, 1.165) is 4.91 Å². The molecule has 0 radical (unpaired) electrons. The maximum atomic E-state index is 12.7. The summed E-state index contributed by atoms with van der Waals surface area (Å²) in [6.45, 7) is 7.22. The predicted octanol–water partition coefficient (Wildman–Crippen LogP) is 1.19. The molecule has 3 rings (SSSR count). The van der Waals surface area contributed by atoms with E-state index in [4.69, 9.17) is 28.8 Å². The number of carbonyl (C=O) groups excluding carboxylic acids is 2. The first kappa shape index (κ1) is 24.6. The van der Waals surface area contributed by atoms with Gasteiger partial charge in [-0.2, -0.15) is 0 Å². The Bertz CT molecular complexity index is 1020. The van der Waals surface area contributed by atoms with Gasteiger partial charge in [0, 0.05) is 30.1 Å². The molecule has 178 valence electrons. The number of halogens is 1. The number of anilines is 2. The summed E-state index contributed by atoms with van der Waals surface area (Å²) in [4.78, 5) is 40.1. The summed E-state index contributed by atoms with van der Waals surface area (Å²) in [7, 11) is 0. The molecule has 0 aliphatic carbocycles. The zero-order chi connectivity index (χ0) is 24.2. The van der Waals surface area contributed by atoms with Gasteiger partial charge in [-0.05, 0) is 31.6 Å². The summed E-state index contributed by atoms with van der Waals surface area (Å²) in [6, 6.07) is 0. The first-order valence-electron chi connectivity index (χ1n) is 10.4. The molecule has 1 aromatic rings. The van der Waals surface area contributed by atoms with Crippen molar-refractivity contribution >= 4 is 52.8 Å². The van der Waals surface area contributed by atoms with Gasteiger partial charge in [-0.1, -0.05) is 18.2 Å². The SMILES string of the molecule is C=CS/C(CCC(=O)N1CCC2(CC1)CN=C(NC(=O)c1nc(Cl)c(N)nc1N)N2)=C(/C)N. The van der Waals surface area contributed by atoms with E-state index < -0.39 is 5.91 Å². The summed E-state index contributed by atoms with van der Waals surface area (Å²) in [5.74, 6) is -0.344. The second-order valence-corrected chi connectivity index (χ2v) is 9.35. The Kier molecular flexibility index (Phi) is 7.69. The summed E-state index contributed by atoms with van der Waals surface area (Å²) in [5.41, 5.74) is 17.4. The molecule has 2 amide bonds. The van der Waals surface area contributed by atoms with Crippen molar-refractivity contribution < 1.29 is 9.59 Å². The first-order valence-corrected chi connectivity index (χ1v) is 11.6. The van der Waals surface area contributed by atoms with Gasteiger partial charge in [0.25, 0.3) is 5.91 Å². The number of piperidine rings is 1. The molecule has 8 N–H and O–H groups in total. The molecule has 0 aromatic carbocycles. The molecule has 0 unspecified atom stereocenters. The Morgan fingerprint density at radius 1 is 1.27 bits per heavy atom. The van der Waals surface area contributed by atoms with E-state index in [2.05, 4.69) is 32.2 Å². The molecule has 1 saturated heterocycles. The van der Waals surface area contributed by atoms with Gasteiger partial charge in [0.05, 0.1) is 12.1 Å². The fourth-order valence-electron chi connectivity index (χ4n) is 3.70. The molecule has 13 heteroatoms. The molecular weight excluding hydrogens is 466 g/mol. The molecule has 11 nitrogen and oxygen atoms in total. The van der Waals surface area contributed by atoms with Crippen molar-refractivity contribution in [3.63, 3.8) is 0 Å². The Morgan fingerprint density at radius 2 is 1.97 bits per heavy atom. The quantitative estimate of drug-likeness (QED) is 0.389. The van der Waals surface area contributed by atoms with E-state index in [0.29, 0.717) is 57.0 Å². The van der Waals surface area contributed by atoms with Crippen LogP contribution >= 0.6 is 23.4 Å². The zero-order valence-corrected chi connectivity index (χ0v) is 19.9. The van der Waals surface area contributed by atoms with Gasteiger partial charge >= 0.3 is 0 Å². The van der Waals surface area contributed by atoms with E-state index >= 15 is 0 Å². The lowest BCUT2D eigenvalue weighted by Gasteiger charge is -2.39. The number of aromatic nitrogens is 2. The fraction of sp³-hybridized carbons (Fsp3) is 0.450. The Balaban J connectivity index is 1.51. The molecule has 0 bridgehead atoms. The minimum absolute atomic E-state index is 0.0489. The van der Waals surface area contributed by atoms with Crippen molar-refractivity contribution in [2.24, 2.45) is 10.7 Å². The third kappa shape index (κ3) is 5.88. The number of nitrogens with two attached hydrogens (primary N) is 3. The van der Waals surface area contributed by atoms with Gasteiger partial charge in [-0.15, -0.1) is 11.8 Å². The van der Waals surface area contributed by atoms with Gasteiger partial charge in [-0.3, -0.25) is 19.9 Å². The van der Waals surface area contributed by atoms with E-state index in [1.165, 1.54) is 11.8 Å². The number of amides is 2. The third-order valence-corrected chi connectivity index (χ3v) is 6.84. The van der Waals surface area contributed by atoms with Gasteiger partial charge < -0.3 is 27.4 Å². The molecule has 2 aliphatic rings. The first-order chi connectivity index (χ1) is 15.6. The van der Waals surface area contributed by atoms with Crippen LogP contribution in [-0.4, -0.2) is 57.8 Å². The van der Waals surface area contributed by atoms with Crippen LogP contribution in [0.25, 0.3) is 0 Å². The molecular formula is C20H28ClN9O2S. The second kappa shape index (κ2) is 10.3. The van der Waals surface area contributed by atoms with Crippen LogP contribution in [0.5, 0.6) is 0 Å². The third-order valence-electron chi connectivity index (χ3n) is 5.58. The molecule has 3 heterocycles. The monoisotopic (exact) mass is 493 g/mol. The highest BCUT2D eigenvalue weighted by molar-refractivity contribution is 8.05. The Hall–Kier alpha value is -2.99. The molecule has 2 aliphatic heterocycles. The molecule has 0 saturated carbocycles. The van der Waals surface area contributed by atoms with E-state index in [1.54, 1.807) is 5.41 Å². The largest absolute Gasteiger partial charge is 0.402 e. The van der Waals surface area contributed by atoms with Gasteiger partial charge in [0.1, 0.15) is 0 Å². The number of nitrogens with one attached hydrogen (secondary N) is 2. The van der Waals surface area contributed by atoms with Crippen LogP contribution in [0.15, 0.2) is 27.6 Å². The number of nitrogens with zero attached hydrogens (tertiary/aromatic N) is 4. The summed E-state index contributed by atoms with van der Waals surface area (Å²) >= 11 is 7.30. The lowest BCUT2D eigenvalue weighted by Crippen LogP contribution is -2.56. The number of hydrogen-bond acceptors (Lipinski definition) is 10. The topological polar surface area (TPSA) is 178 Å². The van der Waals surface area contributed by atoms with Crippen molar-refractivity contribution in [1.82, 2.24) is 25.5 Å². The van der Waals surface area contributed by atoms with Gasteiger partial charge in [0.2, 0.25) is 5.91 Å². The number of thioether (sulfide) groups is 1. The smallest absolute Gasteiger partial charge is 0.280 e. The molecule has 1 fully saturated rings. The standard InChI is InChI=1S/C20H28ClN9O2S/c1-3-33-12(11(2)22)4-5-13(31)30-8-6-20(7-9-30)10-25-19(29-20)28-18(32)14-16(23)27-17(24)15(21)26-14/h3H,1,4-10,22H2,2H3,(H4,23,24,27)(H2,25,28,29,32)/b12-11-. The lowest BCUT2D eigenvalue weighted by molar-refractivity contribution is -0.132. The summed E-state index contributed by atoms with van der Waals surface area (Å²) < 4.78 is 0. The summed E-state index contributed by atoms with van der Waals surface area (Å²) in [5, 5.41) is 7.56. The Labute approximate surface area is 201 Å². The molecule has 1 aromatic heterocycles. The molecule has 1 spiro atoms. The summed E-state index contributed by atoms with van der Waals surface area (Å²) in [6.07, 6.45) is 2.41. The average molecular weight is 494 g/mol. The van der Waals surface area contributed by atoms with Crippen LogP contribution in [0.1, 0.15) is 43.1 Å². The van der Waals surface area contributed by atoms with Crippen molar-refractivity contribution in [3.8, 4) is 0 Å². The van der Waals surface area contributed by atoms with Crippen molar-refractivity contribution in [3.05, 3.63) is 33.4 Å². The lowest BCUT2D eigenvalue weighted by atomic mass is 9.88. The highest BCUT2D eigenvalue weighted by atomic mass is 35.5. The van der Waals surface area contributed by atoms with Crippen LogP contribution in [0, 0.1) is 0 Å². The van der Waals surface area contributed by atoms with Gasteiger partial charge in [0.15, 0.2) is 28.4 Å². The maximum Gasteiger partial charge on any atom is 0.280 e. The number of allylic oxidation sites excluding steroid dienone is 2. The minimum atomic E-state index is -0.589. The zero-order valence-electron chi connectivity index (χ0n) is 18.4. The Morgan fingerprint density at radius 3 is 2.61 bits per heavy atom.